The molecule has 1 aromatic rings. The van der Waals surface area contributed by atoms with Gasteiger partial charge in [0.05, 0.1) is 10.0 Å². The highest BCUT2D eigenvalue weighted by Gasteiger charge is 2.34. The van der Waals surface area contributed by atoms with Gasteiger partial charge in [-0.25, -0.2) is 0 Å². The van der Waals surface area contributed by atoms with Gasteiger partial charge in [-0.2, -0.15) is 17.0 Å². The summed E-state index contributed by atoms with van der Waals surface area (Å²) in [5.41, 5.74) is 1.05. The van der Waals surface area contributed by atoms with Gasteiger partial charge in [-0.15, -0.1) is 0 Å². The molecule has 0 radical (unpaired) electrons. The molecule has 0 unspecified atom stereocenters. The predicted octanol–water partition coefficient (Wildman–Crippen LogP) is 1.95. The van der Waals surface area contributed by atoms with E-state index < -0.39 is 10.2 Å². The van der Waals surface area contributed by atoms with Gasteiger partial charge in [-0.1, -0.05) is 29.3 Å². The fourth-order valence-electron chi connectivity index (χ4n) is 3.65. The molecule has 0 spiro atoms. The van der Waals surface area contributed by atoms with E-state index in [1.54, 1.807) is 15.3 Å². The van der Waals surface area contributed by atoms with Crippen molar-refractivity contribution < 1.29 is 13.2 Å². The van der Waals surface area contributed by atoms with Crippen molar-refractivity contribution in [1.29, 1.82) is 0 Å². The van der Waals surface area contributed by atoms with Crippen LogP contribution in [-0.4, -0.2) is 92.1 Å². The molecule has 2 aliphatic heterocycles. The molecule has 1 amide bonds. The van der Waals surface area contributed by atoms with Gasteiger partial charge in [0.2, 0.25) is 5.91 Å². The summed E-state index contributed by atoms with van der Waals surface area (Å²) in [7, 11) is -1.44. The first-order chi connectivity index (χ1) is 13.8. The smallest absolute Gasteiger partial charge is 0.282 e. The van der Waals surface area contributed by atoms with Gasteiger partial charge >= 0.3 is 0 Å². The molecule has 7 nitrogen and oxygen atoms in total. The van der Waals surface area contributed by atoms with Crippen LogP contribution in [0.25, 0.3) is 0 Å². The normalized spacial score (nSPS) is 20.2. The van der Waals surface area contributed by atoms with E-state index in [0.29, 0.717) is 55.7 Å². The molecule has 0 N–H and O–H groups in total. The Kier molecular flexibility index (Phi) is 7.81. The molecule has 0 atom stereocenters. The van der Waals surface area contributed by atoms with Crippen molar-refractivity contribution >= 4 is 39.3 Å². The van der Waals surface area contributed by atoms with Crippen LogP contribution in [0.5, 0.6) is 0 Å². The number of hydrogen-bond acceptors (Lipinski definition) is 4. The topological polar surface area (TPSA) is 64.2 Å². The second-order valence-electron chi connectivity index (χ2n) is 7.59. The average Bonchev–Trinajstić information content (AvgIpc) is 2.71. The number of amides is 1. The zero-order valence-corrected chi connectivity index (χ0v) is 19.0. The van der Waals surface area contributed by atoms with E-state index in [-0.39, 0.29) is 5.91 Å². The number of aryl methyl sites for hydroxylation is 1. The first-order valence-corrected chi connectivity index (χ1v) is 12.1. The van der Waals surface area contributed by atoms with Gasteiger partial charge in [0.25, 0.3) is 10.2 Å². The molecular weight excluding hydrogens is 435 g/mol. The average molecular weight is 463 g/mol. The summed E-state index contributed by atoms with van der Waals surface area (Å²) >= 11 is 11.9. The van der Waals surface area contributed by atoms with Crippen LogP contribution in [0.3, 0.4) is 0 Å². The Bertz CT molecular complexity index is 821. The highest BCUT2D eigenvalue weighted by Crippen LogP contribution is 2.23. The van der Waals surface area contributed by atoms with Crippen molar-refractivity contribution in [3.8, 4) is 0 Å². The van der Waals surface area contributed by atoms with Gasteiger partial charge in [-0.3, -0.25) is 4.79 Å². The Morgan fingerprint density at radius 1 is 0.931 bits per heavy atom. The first-order valence-electron chi connectivity index (χ1n) is 9.93. The van der Waals surface area contributed by atoms with E-state index in [9.17, 15) is 13.2 Å². The van der Waals surface area contributed by atoms with Crippen molar-refractivity contribution in [1.82, 2.24) is 18.4 Å². The number of nitrogens with zero attached hydrogens (tertiary/aromatic N) is 4. The Hall–Kier alpha value is -0.900. The van der Waals surface area contributed by atoms with E-state index in [4.69, 9.17) is 23.2 Å². The van der Waals surface area contributed by atoms with Crippen LogP contribution < -0.4 is 0 Å². The Morgan fingerprint density at radius 2 is 1.52 bits per heavy atom. The molecule has 162 valence electrons. The van der Waals surface area contributed by atoms with Gasteiger partial charge in [0.1, 0.15) is 0 Å². The summed E-state index contributed by atoms with van der Waals surface area (Å²) in [6.07, 6.45) is 1.91. The number of rotatable bonds is 6. The van der Waals surface area contributed by atoms with E-state index in [1.807, 2.05) is 19.2 Å². The minimum absolute atomic E-state index is 0.0710. The maximum absolute atomic E-state index is 12.8. The van der Waals surface area contributed by atoms with Crippen molar-refractivity contribution in [3.63, 3.8) is 0 Å². The molecule has 1 aromatic carbocycles. The molecule has 2 fully saturated rings. The molecular formula is C19H28Cl2N4O3S. The van der Waals surface area contributed by atoms with Gasteiger partial charge in [0, 0.05) is 58.8 Å². The molecule has 29 heavy (non-hydrogen) atoms. The third-order valence-electron chi connectivity index (χ3n) is 5.55. The van der Waals surface area contributed by atoms with Gasteiger partial charge in [0.15, 0.2) is 0 Å². The molecule has 0 aliphatic carbocycles. The Labute approximate surface area is 183 Å². The van der Waals surface area contributed by atoms with Crippen LogP contribution in [0.4, 0.5) is 0 Å². The number of piperazine rings is 2. The SMILES string of the molecule is CN1CCN(S(=O)(=O)N2CCN(C(=O)CCCc3ccc(Cl)c(Cl)c3)CC2)CC1. The zero-order chi connectivity index (χ0) is 21.0. The molecule has 3 rings (SSSR count). The fraction of sp³-hybridized carbons (Fsp3) is 0.632. The van der Waals surface area contributed by atoms with Crippen molar-refractivity contribution in [2.75, 3.05) is 59.4 Å². The summed E-state index contributed by atoms with van der Waals surface area (Å²) in [4.78, 5) is 16.4. The van der Waals surface area contributed by atoms with E-state index >= 15 is 0 Å². The maximum Gasteiger partial charge on any atom is 0.282 e. The minimum Gasteiger partial charge on any atom is -0.340 e. The van der Waals surface area contributed by atoms with E-state index in [2.05, 4.69) is 4.90 Å². The number of hydrogen-bond donors (Lipinski definition) is 0. The quantitative estimate of drug-likeness (QED) is 0.647. The third-order valence-corrected chi connectivity index (χ3v) is 8.32. The second-order valence-corrected chi connectivity index (χ2v) is 10.3. The van der Waals surface area contributed by atoms with Crippen LogP contribution in [0.15, 0.2) is 18.2 Å². The largest absolute Gasteiger partial charge is 0.340 e. The lowest BCUT2D eigenvalue weighted by molar-refractivity contribution is -0.132. The van der Waals surface area contributed by atoms with Crippen LogP contribution in [-0.2, 0) is 21.4 Å². The lowest BCUT2D eigenvalue weighted by Gasteiger charge is -2.39. The number of likely N-dealkylation sites (N-methyl/N-ethyl adjacent to an activating group) is 1. The third kappa shape index (κ3) is 5.83. The Morgan fingerprint density at radius 3 is 2.10 bits per heavy atom. The van der Waals surface area contributed by atoms with Crippen molar-refractivity contribution in [3.05, 3.63) is 33.8 Å². The molecule has 2 heterocycles. The minimum atomic E-state index is -3.44. The number of carbonyl (C=O) groups excluding carboxylic acids is 1. The number of halogens is 2. The summed E-state index contributed by atoms with van der Waals surface area (Å²) in [6.45, 7) is 4.13. The Balaban J connectivity index is 1.43. The molecule has 0 bridgehead atoms. The van der Waals surface area contributed by atoms with Gasteiger partial charge in [-0.05, 0) is 37.6 Å². The second kappa shape index (κ2) is 9.94. The first kappa shape index (κ1) is 22.8. The summed E-state index contributed by atoms with van der Waals surface area (Å²) < 4.78 is 28.7. The molecule has 10 heteroatoms. The fourth-order valence-corrected chi connectivity index (χ4v) is 5.54. The lowest BCUT2D eigenvalue weighted by atomic mass is 10.1. The monoisotopic (exact) mass is 462 g/mol. The van der Waals surface area contributed by atoms with Crippen LogP contribution in [0, 0.1) is 0 Å². The lowest BCUT2D eigenvalue weighted by Crippen LogP contribution is -2.57. The van der Waals surface area contributed by atoms with Crippen LogP contribution in [0.1, 0.15) is 18.4 Å². The van der Waals surface area contributed by atoms with Crippen LogP contribution in [0.2, 0.25) is 10.0 Å². The summed E-state index contributed by atoms with van der Waals surface area (Å²) in [6, 6.07) is 5.51. The highest BCUT2D eigenvalue weighted by atomic mass is 35.5. The highest BCUT2D eigenvalue weighted by molar-refractivity contribution is 7.86. The summed E-state index contributed by atoms with van der Waals surface area (Å²) in [5, 5.41) is 1.05. The standard InChI is InChI=1S/C19H28Cl2N4O3S/c1-22-7-11-24(12-8-22)29(27,28)25-13-9-23(10-14-25)19(26)4-2-3-16-5-6-17(20)18(21)15-16/h5-6,15H,2-4,7-14H2,1H3. The zero-order valence-electron chi connectivity index (χ0n) is 16.7. The van der Waals surface area contributed by atoms with Crippen molar-refractivity contribution in [2.45, 2.75) is 19.3 Å². The maximum atomic E-state index is 12.8. The molecule has 0 aromatic heterocycles. The number of carbonyl (C=O) groups is 1. The van der Waals surface area contributed by atoms with Crippen molar-refractivity contribution in [2.24, 2.45) is 0 Å². The van der Waals surface area contributed by atoms with Crippen LogP contribution >= 0.6 is 23.2 Å². The number of benzene rings is 1. The molecule has 2 saturated heterocycles. The summed E-state index contributed by atoms with van der Waals surface area (Å²) in [5.74, 6) is 0.0710. The van der Waals surface area contributed by atoms with E-state index in [1.165, 1.54) is 4.31 Å². The molecule has 0 saturated carbocycles. The molecule has 2 aliphatic rings. The predicted molar refractivity (Wildman–Crippen MR) is 116 cm³/mol. The van der Waals surface area contributed by atoms with E-state index in [0.717, 1.165) is 31.5 Å². The van der Waals surface area contributed by atoms with Gasteiger partial charge < -0.3 is 9.80 Å².